The van der Waals surface area contributed by atoms with Crippen molar-refractivity contribution in [2.45, 2.75) is 20.3 Å². The Morgan fingerprint density at radius 2 is 2.17 bits per heavy atom. The normalized spacial score (nSPS) is 10.3. The molecule has 1 heterocycles. The molecule has 0 atom stereocenters. The molecule has 1 N–H and O–H groups in total. The number of benzene rings is 1. The van der Waals surface area contributed by atoms with Crippen molar-refractivity contribution in [3.05, 3.63) is 52.9 Å². The lowest BCUT2D eigenvalue weighted by molar-refractivity contribution is 0.0953. The van der Waals surface area contributed by atoms with Crippen LogP contribution in [0.15, 0.2) is 34.9 Å². The van der Waals surface area contributed by atoms with E-state index >= 15 is 0 Å². The highest BCUT2D eigenvalue weighted by atomic mass is 16.5. The van der Waals surface area contributed by atoms with Crippen LogP contribution in [0.2, 0.25) is 0 Å². The lowest BCUT2D eigenvalue weighted by Gasteiger charge is -2.04. The minimum Gasteiger partial charge on any atom is -0.361 e. The Labute approximate surface area is 106 Å². The van der Waals surface area contributed by atoms with E-state index in [-0.39, 0.29) is 5.91 Å². The minimum absolute atomic E-state index is 0.0602. The highest BCUT2D eigenvalue weighted by molar-refractivity contribution is 5.94. The summed E-state index contributed by atoms with van der Waals surface area (Å²) in [5.74, 6) is 0.729. The van der Waals surface area contributed by atoms with Crippen LogP contribution in [-0.4, -0.2) is 17.6 Å². The van der Waals surface area contributed by atoms with Gasteiger partial charge in [-0.05, 0) is 26.0 Å². The molecule has 0 fully saturated rings. The first-order valence-electron chi connectivity index (χ1n) is 5.92. The maximum Gasteiger partial charge on any atom is 0.251 e. The van der Waals surface area contributed by atoms with Gasteiger partial charge in [-0.3, -0.25) is 4.79 Å². The number of carbonyl (C=O) groups excluding carboxylic acids is 1. The van der Waals surface area contributed by atoms with Gasteiger partial charge in [0.2, 0.25) is 0 Å². The fraction of sp³-hybridized carbons (Fsp3) is 0.286. The molecule has 2 aromatic rings. The van der Waals surface area contributed by atoms with Crippen LogP contribution in [0.25, 0.3) is 0 Å². The number of nitrogens with zero attached hydrogens (tertiary/aromatic N) is 1. The highest BCUT2D eigenvalue weighted by Gasteiger charge is 2.06. The summed E-state index contributed by atoms with van der Waals surface area (Å²) in [6.07, 6.45) is 0.651. The van der Waals surface area contributed by atoms with Gasteiger partial charge in [0, 0.05) is 24.6 Å². The lowest BCUT2D eigenvalue weighted by Crippen LogP contribution is -2.25. The molecule has 94 valence electrons. The predicted molar refractivity (Wildman–Crippen MR) is 68.5 cm³/mol. The Balaban J connectivity index is 1.85. The first kappa shape index (κ1) is 12.4. The summed E-state index contributed by atoms with van der Waals surface area (Å²) in [5, 5.41) is 6.65. The topological polar surface area (TPSA) is 55.1 Å². The van der Waals surface area contributed by atoms with E-state index in [9.17, 15) is 4.79 Å². The van der Waals surface area contributed by atoms with Crippen molar-refractivity contribution < 1.29 is 9.32 Å². The summed E-state index contributed by atoms with van der Waals surface area (Å²) < 4.78 is 5.07. The Morgan fingerprint density at radius 3 is 2.83 bits per heavy atom. The summed E-state index contributed by atoms with van der Waals surface area (Å²) in [7, 11) is 0. The molecule has 0 unspecified atom stereocenters. The van der Waals surface area contributed by atoms with Gasteiger partial charge in [0.05, 0.1) is 5.69 Å². The van der Waals surface area contributed by atoms with Crippen molar-refractivity contribution in [3.63, 3.8) is 0 Å². The van der Waals surface area contributed by atoms with Crippen molar-refractivity contribution in [3.8, 4) is 0 Å². The van der Waals surface area contributed by atoms with Crippen LogP contribution >= 0.6 is 0 Å². The fourth-order valence-corrected chi connectivity index (χ4v) is 1.72. The van der Waals surface area contributed by atoms with Gasteiger partial charge >= 0.3 is 0 Å². The van der Waals surface area contributed by atoms with Gasteiger partial charge in [0.1, 0.15) is 5.76 Å². The molecular formula is C14H16N2O2. The van der Waals surface area contributed by atoms with E-state index in [1.165, 1.54) is 0 Å². The molecule has 1 aromatic carbocycles. The third-order valence-corrected chi connectivity index (χ3v) is 2.61. The molecule has 0 saturated heterocycles. The smallest absolute Gasteiger partial charge is 0.251 e. The van der Waals surface area contributed by atoms with E-state index in [1.54, 1.807) is 6.07 Å². The van der Waals surface area contributed by atoms with Gasteiger partial charge in [-0.25, -0.2) is 0 Å². The van der Waals surface area contributed by atoms with E-state index in [2.05, 4.69) is 10.5 Å². The van der Waals surface area contributed by atoms with Crippen LogP contribution in [0.1, 0.15) is 27.4 Å². The number of amides is 1. The second-order valence-electron chi connectivity index (χ2n) is 4.31. The third kappa shape index (κ3) is 3.20. The zero-order valence-corrected chi connectivity index (χ0v) is 10.6. The summed E-state index contributed by atoms with van der Waals surface area (Å²) >= 11 is 0. The zero-order valence-electron chi connectivity index (χ0n) is 10.6. The second kappa shape index (κ2) is 5.49. The summed E-state index contributed by atoms with van der Waals surface area (Å²) in [6, 6.07) is 9.39. The van der Waals surface area contributed by atoms with Crippen molar-refractivity contribution in [2.75, 3.05) is 6.54 Å². The Morgan fingerprint density at radius 1 is 1.33 bits per heavy atom. The Hall–Kier alpha value is -2.10. The van der Waals surface area contributed by atoms with E-state index in [1.807, 2.05) is 38.1 Å². The summed E-state index contributed by atoms with van der Waals surface area (Å²) in [4.78, 5) is 11.8. The summed E-state index contributed by atoms with van der Waals surface area (Å²) in [5.41, 5.74) is 2.62. The molecule has 2 rings (SSSR count). The molecule has 0 spiro atoms. The number of nitrogens with one attached hydrogen (secondary N) is 1. The molecule has 0 bridgehead atoms. The van der Waals surface area contributed by atoms with Gasteiger partial charge < -0.3 is 9.84 Å². The molecule has 0 radical (unpaired) electrons. The molecule has 18 heavy (non-hydrogen) atoms. The fourth-order valence-electron chi connectivity index (χ4n) is 1.72. The van der Waals surface area contributed by atoms with Crippen molar-refractivity contribution in [1.29, 1.82) is 0 Å². The van der Waals surface area contributed by atoms with Gasteiger partial charge in [-0.2, -0.15) is 0 Å². The van der Waals surface area contributed by atoms with Gasteiger partial charge in [-0.15, -0.1) is 0 Å². The molecule has 0 saturated carbocycles. The number of rotatable bonds is 4. The number of aryl methyl sites for hydroxylation is 2. The van der Waals surface area contributed by atoms with Crippen molar-refractivity contribution in [1.82, 2.24) is 10.5 Å². The number of aromatic nitrogens is 1. The summed E-state index contributed by atoms with van der Waals surface area (Å²) in [6.45, 7) is 4.38. The van der Waals surface area contributed by atoms with Crippen LogP contribution in [0.3, 0.4) is 0 Å². The average Bonchev–Trinajstić information content (AvgIpc) is 2.75. The molecule has 0 aliphatic rings. The largest absolute Gasteiger partial charge is 0.361 e. The van der Waals surface area contributed by atoms with Crippen LogP contribution in [0.5, 0.6) is 0 Å². The van der Waals surface area contributed by atoms with E-state index < -0.39 is 0 Å². The van der Waals surface area contributed by atoms with Gasteiger partial charge in [0.25, 0.3) is 5.91 Å². The number of carbonyl (C=O) groups is 1. The van der Waals surface area contributed by atoms with E-state index in [4.69, 9.17) is 4.52 Å². The Bertz CT molecular complexity index is 546. The molecule has 1 amide bonds. The third-order valence-electron chi connectivity index (χ3n) is 2.61. The maximum atomic E-state index is 11.8. The van der Waals surface area contributed by atoms with E-state index in [0.29, 0.717) is 18.5 Å². The predicted octanol–water partition coefficient (Wildman–Crippen LogP) is 2.26. The molecule has 0 aliphatic heterocycles. The van der Waals surface area contributed by atoms with Gasteiger partial charge in [0.15, 0.2) is 0 Å². The standard InChI is InChI=1S/C14H16N2O2/c1-10-4-3-5-12(8-10)14(17)15-7-6-13-9-11(2)16-18-13/h3-5,8-9H,6-7H2,1-2H3,(H,15,17). The molecule has 4 nitrogen and oxygen atoms in total. The van der Waals surface area contributed by atoms with E-state index in [0.717, 1.165) is 17.0 Å². The molecule has 1 aromatic heterocycles. The molecular weight excluding hydrogens is 228 g/mol. The van der Waals surface area contributed by atoms with Crippen molar-refractivity contribution in [2.24, 2.45) is 0 Å². The molecule has 0 aliphatic carbocycles. The first-order chi connectivity index (χ1) is 8.65. The monoisotopic (exact) mass is 244 g/mol. The van der Waals surface area contributed by atoms with Crippen molar-refractivity contribution >= 4 is 5.91 Å². The quantitative estimate of drug-likeness (QED) is 0.897. The minimum atomic E-state index is -0.0602. The van der Waals surface area contributed by atoms with Gasteiger partial charge in [-0.1, -0.05) is 22.9 Å². The second-order valence-corrected chi connectivity index (χ2v) is 4.31. The number of hydrogen-bond donors (Lipinski definition) is 1. The SMILES string of the molecule is Cc1cccc(C(=O)NCCc2cc(C)no2)c1. The van der Waals surface area contributed by atoms with Crippen LogP contribution in [0.4, 0.5) is 0 Å². The average molecular weight is 244 g/mol. The lowest BCUT2D eigenvalue weighted by atomic mass is 10.1. The zero-order chi connectivity index (χ0) is 13.0. The highest BCUT2D eigenvalue weighted by Crippen LogP contribution is 2.04. The van der Waals surface area contributed by atoms with Crippen LogP contribution < -0.4 is 5.32 Å². The number of hydrogen-bond acceptors (Lipinski definition) is 3. The van der Waals surface area contributed by atoms with Crippen LogP contribution in [0, 0.1) is 13.8 Å². The Kier molecular flexibility index (Phi) is 3.77. The maximum absolute atomic E-state index is 11.8. The van der Waals surface area contributed by atoms with Crippen LogP contribution in [-0.2, 0) is 6.42 Å². The molecule has 4 heteroatoms. The first-order valence-corrected chi connectivity index (χ1v) is 5.92.